The molecule has 1 heteroatoms. The van der Waals surface area contributed by atoms with Crippen molar-refractivity contribution in [3.05, 3.63) is 12.2 Å². The highest BCUT2D eigenvalue weighted by Crippen LogP contribution is 2.42. The van der Waals surface area contributed by atoms with Crippen LogP contribution in [0.25, 0.3) is 0 Å². The van der Waals surface area contributed by atoms with E-state index in [0.717, 1.165) is 30.1 Å². The molecule has 0 atom stereocenters. The van der Waals surface area contributed by atoms with Gasteiger partial charge in [-0.1, -0.05) is 45.1 Å². The normalized spacial score (nSPS) is 35.0. The fraction of sp³-hybridized carbons (Fsp3) is 0.842. The van der Waals surface area contributed by atoms with Crippen molar-refractivity contribution in [1.29, 1.82) is 5.26 Å². The van der Waals surface area contributed by atoms with Gasteiger partial charge in [0.25, 0.3) is 0 Å². The van der Waals surface area contributed by atoms with Crippen molar-refractivity contribution in [3.8, 4) is 6.07 Å². The highest BCUT2D eigenvalue weighted by Gasteiger charge is 2.30. The Labute approximate surface area is 125 Å². The van der Waals surface area contributed by atoms with Crippen molar-refractivity contribution in [2.75, 3.05) is 0 Å². The van der Waals surface area contributed by atoms with Crippen LogP contribution in [0.15, 0.2) is 12.2 Å². The van der Waals surface area contributed by atoms with Gasteiger partial charge < -0.3 is 0 Å². The molecule has 2 fully saturated rings. The van der Waals surface area contributed by atoms with Gasteiger partial charge in [0.2, 0.25) is 0 Å². The summed E-state index contributed by atoms with van der Waals surface area (Å²) < 4.78 is 0. The lowest BCUT2D eigenvalue weighted by Gasteiger charge is -2.37. The van der Waals surface area contributed by atoms with Gasteiger partial charge in [-0.05, 0) is 62.2 Å². The van der Waals surface area contributed by atoms with Crippen molar-refractivity contribution in [2.24, 2.45) is 23.7 Å². The summed E-state index contributed by atoms with van der Waals surface area (Å²) in [6.07, 6.45) is 19.3. The number of hydrogen-bond donors (Lipinski definition) is 0. The Bertz CT molecular complexity index is 322. The van der Waals surface area contributed by atoms with Crippen molar-refractivity contribution in [3.63, 3.8) is 0 Å². The number of allylic oxidation sites excluding steroid dienone is 2. The zero-order chi connectivity index (χ0) is 14.2. The lowest BCUT2D eigenvalue weighted by atomic mass is 9.68. The van der Waals surface area contributed by atoms with Crippen LogP contribution in [-0.4, -0.2) is 0 Å². The first-order valence-corrected chi connectivity index (χ1v) is 8.88. The number of rotatable bonds is 5. The molecule has 0 heterocycles. The van der Waals surface area contributed by atoms with E-state index in [4.69, 9.17) is 5.26 Å². The van der Waals surface area contributed by atoms with E-state index in [1.807, 2.05) is 6.08 Å². The smallest absolute Gasteiger partial charge is 0.0908 e. The summed E-state index contributed by atoms with van der Waals surface area (Å²) in [5.74, 6) is 4.06. The molecule has 0 aromatic heterocycles. The highest BCUT2D eigenvalue weighted by molar-refractivity contribution is 5.01. The molecule has 0 unspecified atom stereocenters. The fourth-order valence-corrected chi connectivity index (χ4v) is 4.48. The first kappa shape index (κ1) is 15.6. The van der Waals surface area contributed by atoms with Crippen LogP contribution in [0.4, 0.5) is 0 Å². The number of hydrogen-bond acceptors (Lipinski definition) is 1. The van der Waals surface area contributed by atoms with Crippen LogP contribution in [0.3, 0.4) is 0 Å². The lowest BCUT2D eigenvalue weighted by Crippen LogP contribution is -2.25. The van der Waals surface area contributed by atoms with Gasteiger partial charge in [0, 0.05) is 6.08 Å². The lowest BCUT2D eigenvalue weighted by molar-refractivity contribution is 0.143. The summed E-state index contributed by atoms with van der Waals surface area (Å²) in [6, 6.07) is 2.08. The maximum atomic E-state index is 8.48. The molecule has 2 saturated carbocycles. The molecule has 0 bridgehead atoms. The van der Waals surface area contributed by atoms with Gasteiger partial charge in [0.15, 0.2) is 0 Å². The van der Waals surface area contributed by atoms with Crippen molar-refractivity contribution in [2.45, 2.75) is 77.6 Å². The summed E-state index contributed by atoms with van der Waals surface area (Å²) in [7, 11) is 0. The van der Waals surface area contributed by atoms with E-state index in [0.29, 0.717) is 0 Å². The minimum Gasteiger partial charge on any atom is -0.193 e. The van der Waals surface area contributed by atoms with E-state index in [9.17, 15) is 0 Å². The largest absolute Gasteiger partial charge is 0.193 e. The van der Waals surface area contributed by atoms with Crippen LogP contribution in [0.2, 0.25) is 0 Å². The first-order valence-electron chi connectivity index (χ1n) is 8.88. The second-order valence-corrected chi connectivity index (χ2v) is 7.08. The van der Waals surface area contributed by atoms with Gasteiger partial charge in [-0.2, -0.15) is 5.26 Å². The molecule has 112 valence electrons. The molecular weight excluding hydrogens is 242 g/mol. The summed E-state index contributed by atoms with van der Waals surface area (Å²) in [5, 5.41) is 8.48. The number of nitrogens with zero attached hydrogens (tertiary/aromatic N) is 1. The molecule has 0 N–H and O–H groups in total. The minimum absolute atomic E-state index is 0.932. The summed E-state index contributed by atoms with van der Waals surface area (Å²) in [6.45, 7) is 2.36. The quantitative estimate of drug-likeness (QED) is 0.575. The zero-order valence-corrected chi connectivity index (χ0v) is 13.2. The molecule has 0 aliphatic heterocycles. The minimum atomic E-state index is 0.932. The third-order valence-electron chi connectivity index (χ3n) is 5.96. The summed E-state index contributed by atoms with van der Waals surface area (Å²) >= 11 is 0. The maximum absolute atomic E-state index is 8.48. The van der Waals surface area contributed by atoms with E-state index in [1.54, 1.807) is 6.08 Å². The van der Waals surface area contributed by atoms with Crippen molar-refractivity contribution < 1.29 is 0 Å². The average Bonchev–Trinajstić information content (AvgIpc) is 2.52. The zero-order valence-electron chi connectivity index (χ0n) is 13.2. The molecule has 2 aliphatic carbocycles. The van der Waals surface area contributed by atoms with Crippen LogP contribution in [-0.2, 0) is 0 Å². The fourth-order valence-electron chi connectivity index (χ4n) is 4.48. The van der Waals surface area contributed by atoms with Gasteiger partial charge >= 0.3 is 0 Å². The summed E-state index contributed by atoms with van der Waals surface area (Å²) in [5.41, 5.74) is 0. The third-order valence-corrected chi connectivity index (χ3v) is 5.96. The molecule has 0 aromatic rings. The van der Waals surface area contributed by atoms with Gasteiger partial charge in [-0.25, -0.2) is 0 Å². The third kappa shape index (κ3) is 4.65. The highest BCUT2D eigenvalue weighted by atomic mass is 14.4. The van der Waals surface area contributed by atoms with Crippen LogP contribution < -0.4 is 0 Å². The molecule has 2 aliphatic rings. The van der Waals surface area contributed by atoms with Crippen LogP contribution in [0.1, 0.15) is 77.6 Å². The van der Waals surface area contributed by atoms with Gasteiger partial charge in [0.05, 0.1) is 6.07 Å². The van der Waals surface area contributed by atoms with E-state index >= 15 is 0 Å². The molecular formula is C19H31N. The topological polar surface area (TPSA) is 23.8 Å². The van der Waals surface area contributed by atoms with Crippen molar-refractivity contribution in [1.82, 2.24) is 0 Å². The molecule has 0 spiro atoms. The first-order chi connectivity index (χ1) is 9.83. The Hall–Kier alpha value is -0.770. The van der Waals surface area contributed by atoms with E-state index in [2.05, 4.69) is 13.0 Å². The standard InChI is InChI=1S/C19H31N/c1-2-16-7-11-18(12-8-16)19-13-9-17(10-14-19)6-4-3-5-15-20/h3,5,16-19H,2,4,6-14H2,1H3/t16-,17?,18-,19?. The SMILES string of the molecule is CC[C@H]1CC[C@H](C2CCC(CCC=CC#N)CC2)CC1. The van der Waals surface area contributed by atoms with Crippen LogP contribution in [0, 0.1) is 35.0 Å². The molecule has 0 amide bonds. The maximum Gasteiger partial charge on any atom is 0.0908 e. The molecule has 0 saturated heterocycles. The molecule has 0 aromatic carbocycles. The molecule has 20 heavy (non-hydrogen) atoms. The predicted molar refractivity (Wildman–Crippen MR) is 85.2 cm³/mol. The monoisotopic (exact) mass is 273 g/mol. The van der Waals surface area contributed by atoms with E-state index in [1.165, 1.54) is 64.2 Å². The van der Waals surface area contributed by atoms with E-state index in [-0.39, 0.29) is 0 Å². The molecule has 0 radical (unpaired) electrons. The number of nitriles is 1. The Morgan fingerprint density at radius 1 is 0.900 bits per heavy atom. The Kier molecular flexibility index (Phi) is 6.64. The van der Waals surface area contributed by atoms with Crippen LogP contribution in [0.5, 0.6) is 0 Å². The van der Waals surface area contributed by atoms with E-state index < -0.39 is 0 Å². The predicted octanol–water partition coefficient (Wildman–Crippen LogP) is 5.87. The van der Waals surface area contributed by atoms with Gasteiger partial charge in [0.1, 0.15) is 0 Å². The van der Waals surface area contributed by atoms with Crippen LogP contribution >= 0.6 is 0 Å². The Morgan fingerprint density at radius 3 is 1.95 bits per heavy atom. The van der Waals surface area contributed by atoms with Crippen molar-refractivity contribution >= 4 is 0 Å². The average molecular weight is 273 g/mol. The molecule has 1 nitrogen and oxygen atoms in total. The van der Waals surface area contributed by atoms with Gasteiger partial charge in [-0.3, -0.25) is 0 Å². The second-order valence-electron chi connectivity index (χ2n) is 7.08. The Balaban J connectivity index is 1.64. The molecule has 2 rings (SSSR count). The summed E-state index contributed by atoms with van der Waals surface area (Å²) in [4.78, 5) is 0. The Morgan fingerprint density at radius 2 is 1.45 bits per heavy atom. The second kappa shape index (κ2) is 8.50. The van der Waals surface area contributed by atoms with Gasteiger partial charge in [-0.15, -0.1) is 0 Å².